The van der Waals surface area contributed by atoms with Crippen LogP contribution in [0.15, 0.2) is 40.7 Å². The van der Waals surface area contributed by atoms with Crippen LogP contribution in [0.3, 0.4) is 0 Å². The van der Waals surface area contributed by atoms with Crippen LogP contribution >= 0.6 is 15.9 Å². The number of rotatable bonds is 4. The number of nitrogens with one attached hydrogen (secondary N) is 1. The molecule has 0 fully saturated rings. The lowest BCUT2D eigenvalue weighted by Gasteiger charge is -2.33. The van der Waals surface area contributed by atoms with Crippen molar-refractivity contribution in [3.63, 3.8) is 0 Å². The number of halogens is 1. The van der Waals surface area contributed by atoms with Gasteiger partial charge in [-0.15, -0.1) is 0 Å². The molecule has 0 radical (unpaired) electrons. The van der Waals surface area contributed by atoms with Gasteiger partial charge < -0.3 is 10.1 Å². The molecule has 0 aliphatic heterocycles. The van der Waals surface area contributed by atoms with Crippen LogP contribution < -0.4 is 5.32 Å². The number of ether oxygens (including phenoxy) is 1. The van der Waals surface area contributed by atoms with E-state index in [1.165, 1.54) is 0 Å². The first kappa shape index (κ1) is 16.1. The highest BCUT2D eigenvalue weighted by molar-refractivity contribution is 9.10. The summed E-state index contributed by atoms with van der Waals surface area (Å²) >= 11 is 3.46. The third-order valence-electron chi connectivity index (χ3n) is 2.92. The Morgan fingerprint density at radius 3 is 2.05 bits per heavy atom. The van der Waals surface area contributed by atoms with Gasteiger partial charge in [-0.2, -0.15) is 0 Å². The standard InChI is InChI=1S/C16H24BrNO/c1-15(2,3)14(11-18-6)19-16(4,5)12-7-9-13(17)10-8-12/h7-11,18H,1-6H3/b14-11+. The molecule has 106 valence electrons. The SMILES string of the molecule is CN/C=C(/OC(C)(C)c1ccc(Br)cc1)C(C)(C)C. The average Bonchev–Trinajstić information content (AvgIpc) is 2.27. The predicted octanol–water partition coefficient (Wildman–Crippen LogP) is 4.81. The van der Waals surface area contributed by atoms with Gasteiger partial charge in [-0.3, -0.25) is 0 Å². The molecule has 0 bridgehead atoms. The molecule has 19 heavy (non-hydrogen) atoms. The average molecular weight is 326 g/mol. The highest BCUT2D eigenvalue weighted by Crippen LogP contribution is 2.35. The van der Waals surface area contributed by atoms with Crippen molar-refractivity contribution in [2.24, 2.45) is 5.41 Å². The van der Waals surface area contributed by atoms with Crippen LogP contribution in [0.4, 0.5) is 0 Å². The number of hydrogen-bond donors (Lipinski definition) is 1. The Labute approximate surface area is 125 Å². The van der Waals surface area contributed by atoms with Gasteiger partial charge in [0.2, 0.25) is 0 Å². The molecular weight excluding hydrogens is 302 g/mol. The van der Waals surface area contributed by atoms with Crippen LogP contribution in [0.5, 0.6) is 0 Å². The molecule has 1 rings (SSSR count). The van der Waals surface area contributed by atoms with Crippen molar-refractivity contribution in [2.45, 2.75) is 40.2 Å². The second-order valence-electron chi connectivity index (χ2n) is 6.17. The normalized spacial score (nSPS) is 13.3. The molecule has 0 aliphatic rings. The minimum absolute atomic E-state index is 0.0321. The summed E-state index contributed by atoms with van der Waals surface area (Å²) in [7, 11) is 1.89. The third kappa shape index (κ3) is 4.57. The van der Waals surface area contributed by atoms with Gasteiger partial charge in [-0.05, 0) is 31.5 Å². The molecule has 0 spiro atoms. The zero-order valence-electron chi connectivity index (χ0n) is 12.7. The molecule has 0 atom stereocenters. The first-order valence-electron chi connectivity index (χ1n) is 6.50. The lowest BCUT2D eigenvalue weighted by Crippen LogP contribution is -2.27. The Balaban J connectivity index is 3.00. The fourth-order valence-electron chi connectivity index (χ4n) is 1.72. The third-order valence-corrected chi connectivity index (χ3v) is 3.45. The summed E-state index contributed by atoms with van der Waals surface area (Å²) in [5, 5.41) is 3.06. The van der Waals surface area contributed by atoms with Crippen LogP contribution in [0.2, 0.25) is 0 Å². The van der Waals surface area contributed by atoms with E-state index in [2.05, 4.69) is 68.0 Å². The topological polar surface area (TPSA) is 21.3 Å². The number of allylic oxidation sites excluding steroid dienone is 1. The fraction of sp³-hybridized carbons (Fsp3) is 0.500. The quantitative estimate of drug-likeness (QED) is 0.802. The fourth-order valence-corrected chi connectivity index (χ4v) is 1.98. The Hall–Kier alpha value is -0.960. The van der Waals surface area contributed by atoms with E-state index in [0.29, 0.717) is 0 Å². The highest BCUT2D eigenvalue weighted by Gasteiger charge is 2.28. The van der Waals surface area contributed by atoms with Gasteiger partial charge in [0, 0.05) is 23.1 Å². The largest absolute Gasteiger partial charge is 0.485 e. The molecule has 3 heteroatoms. The van der Waals surface area contributed by atoms with Gasteiger partial charge in [-0.1, -0.05) is 48.8 Å². The van der Waals surface area contributed by atoms with Crippen LogP contribution in [-0.4, -0.2) is 7.05 Å². The summed E-state index contributed by atoms with van der Waals surface area (Å²) in [6.45, 7) is 10.6. The maximum absolute atomic E-state index is 6.25. The molecule has 1 N–H and O–H groups in total. The van der Waals surface area contributed by atoms with Crippen molar-refractivity contribution in [1.29, 1.82) is 0 Å². The summed E-state index contributed by atoms with van der Waals surface area (Å²) in [6, 6.07) is 8.26. The van der Waals surface area contributed by atoms with Crippen molar-refractivity contribution in [3.05, 3.63) is 46.3 Å². The first-order valence-corrected chi connectivity index (χ1v) is 7.29. The van der Waals surface area contributed by atoms with Crippen LogP contribution in [0.1, 0.15) is 40.2 Å². The van der Waals surface area contributed by atoms with Crippen LogP contribution in [0.25, 0.3) is 0 Å². The Kier molecular flexibility index (Phi) is 5.08. The van der Waals surface area contributed by atoms with E-state index in [0.717, 1.165) is 15.8 Å². The monoisotopic (exact) mass is 325 g/mol. The van der Waals surface area contributed by atoms with E-state index in [9.17, 15) is 0 Å². The van der Waals surface area contributed by atoms with Gasteiger partial charge in [0.1, 0.15) is 11.4 Å². The molecule has 0 unspecified atom stereocenters. The zero-order chi connectivity index (χ0) is 14.7. The summed E-state index contributed by atoms with van der Waals surface area (Å²) in [5.41, 5.74) is 0.758. The molecule has 0 heterocycles. The molecule has 0 amide bonds. The summed E-state index contributed by atoms with van der Waals surface area (Å²) in [5.74, 6) is 0.947. The van der Waals surface area contributed by atoms with Crippen molar-refractivity contribution in [3.8, 4) is 0 Å². The minimum Gasteiger partial charge on any atom is -0.485 e. The van der Waals surface area contributed by atoms with E-state index >= 15 is 0 Å². The van der Waals surface area contributed by atoms with Crippen LogP contribution in [-0.2, 0) is 10.3 Å². The predicted molar refractivity (Wildman–Crippen MR) is 84.9 cm³/mol. The summed E-state index contributed by atoms with van der Waals surface area (Å²) in [4.78, 5) is 0. The lowest BCUT2D eigenvalue weighted by molar-refractivity contribution is 0.00206. The Bertz CT molecular complexity index is 441. The highest BCUT2D eigenvalue weighted by atomic mass is 79.9. The van der Waals surface area contributed by atoms with Gasteiger partial charge in [0.25, 0.3) is 0 Å². The minimum atomic E-state index is -0.364. The zero-order valence-corrected chi connectivity index (χ0v) is 14.3. The Morgan fingerprint density at radius 2 is 1.63 bits per heavy atom. The van der Waals surface area contributed by atoms with Crippen molar-refractivity contribution in [2.75, 3.05) is 7.05 Å². The van der Waals surface area contributed by atoms with E-state index < -0.39 is 0 Å². The number of benzene rings is 1. The molecule has 0 saturated carbocycles. The maximum atomic E-state index is 6.25. The number of hydrogen-bond acceptors (Lipinski definition) is 2. The smallest absolute Gasteiger partial charge is 0.128 e. The van der Waals surface area contributed by atoms with Crippen molar-refractivity contribution >= 4 is 15.9 Å². The van der Waals surface area contributed by atoms with Gasteiger partial charge in [0.05, 0.1) is 0 Å². The van der Waals surface area contributed by atoms with E-state index in [1.807, 2.05) is 25.4 Å². The van der Waals surface area contributed by atoms with Gasteiger partial charge in [-0.25, -0.2) is 0 Å². The van der Waals surface area contributed by atoms with Crippen LogP contribution in [0, 0.1) is 5.41 Å². The van der Waals surface area contributed by atoms with E-state index in [1.54, 1.807) is 0 Å². The molecule has 2 nitrogen and oxygen atoms in total. The molecule has 1 aromatic carbocycles. The maximum Gasteiger partial charge on any atom is 0.128 e. The van der Waals surface area contributed by atoms with Crippen molar-refractivity contribution < 1.29 is 4.74 Å². The molecule has 0 saturated heterocycles. The lowest BCUT2D eigenvalue weighted by atomic mass is 9.92. The van der Waals surface area contributed by atoms with Crippen molar-refractivity contribution in [1.82, 2.24) is 5.32 Å². The van der Waals surface area contributed by atoms with Gasteiger partial charge >= 0.3 is 0 Å². The molecular formula is C16H24BrNO. The first-order chi connectivity index (χ1) is 8.66. The summed E-state index contributed by atoms with van der Waals surface area (Å²) < 4.78 is 7.33. The Morgan fingerprint density at radius 1 is 1.11 bits per heavy atom. The molecule has 1 aromatic rings. The molecule has 0 aliphatic carbocycles. The van der Waals surface area contributed by atoms with Gasteiger partial charge in [0.15, 0.2) is 0 Å². The summed E-state index contributed by atoms with van der Waals surface area (Å²) in [6.07, 6.45) is 1.93. The second-order valence-corrected chi connectivity index (χ2v) is 7.08. The second kappa shape index (κ2) is 6.00. The van der Waals surface area contributed by atoms with E-state index in [-0.39, 0.29) is 11.0 Å². The molecule has 0 aromatic heterocycles. The van der Waals surface area contributed by atoms with E-state index in [4.69, 9.17) is 4.74 Å².